The normalized spacial score (nSPS) is 12.6. The van der Waals surface area contributed by atoms with E-state index in [1.165, 1.54) is 10.8 Å². The molecule has 3 heteroatoms. The van der Waals surface area contributed by atoms with Gasteiger partial charge in [0.15, 0.2) is 0 Å². The van der Waals surface area contributed by atoms with E-state index in [2.05, 4.69) is 29.4 Å². The van der Waals surface area contributed by atoms with E-state index in [4.69, 9.17) is 11.6 Å². The molecule has 1 N–H and O–H groups in total. The zero-order valence-corrected chi connectivity index (χ0v) is 10.7. The lowest BCUT2D eigenvalue weighted by Crippen LogP contribution is -2.12. The molecule has 2 aromatic rings. The van der Waals surface area contributed by atoms with E-state index >= 15 is 0 Å². The van der Waals surface area contributed by atoms with Gasteiger partial charge in [0.1, 0.15) is 5.82 Å². The molecule has 1 heterocycles. The van der Waals surface area contributed by atoms with Crippen LogP contribution in [0.25, 0.3) is 10.8 Å². The van der Waals surface area contributed by atoms with Crippen molar-refractivity contribution in [2.45, 2.75) is 13.3 Å². The average Bonchev–Trinajstić information content (AvgIpc) is 2.36. The van der Waals surface area contributed by atoms with Crippen molar-refractivity contribution >= 4 is 28.2 Å². The summed E-state index contributed by atoms with van der Waals surface area (Å²) in [7, 11) is 0. The Morgan fingerprint density at radius 2 is 2.12 bits per heavy atom. The first-order chi connectivity index (χ1) is 8.31. The summed E-state index contributed by atoms with van der Waals surface area (Å²) in [5.74, 6) is 2.24. The summed E-state index contributed by atoms with van der Waals surface area (Å²) in [6, 6.07) is 10.3. The number of hydrogen-bond donors (Lipinski definition) is 1. The molecule has 1 unspecified atom stereocenters. The summed E-state index contributed by atoms with van der Waals surface area (Å²) in [5, 5.41) is 5.79. The number of nitrogens with one attached hydrogen (secondary N) is 1. The zero-order chi connectivity index (χ0) is 12.1. The molecule has 0 saturated heterocycles. The predicted octanol–water partition coefficient (Wildman–Crippen LogP) is 3.91. The van der Waals surface area contributed by atoms with Gasteiger partial charge in [-0.3, -0.25) is 0 Å². The number of alkyl halides is 1. The fourth-order valence-corrected chi connectivity index (χ4v) is 2.19. The quantitative estimate of drug-likeness (QED) is 0.812. The van der Waals surface area contributed by atoms with E-state index in [-0.39, 0.29) is 0 Å². The molecule has 0 bridgehead atoms. The van der Waals surface area contributed by atoms with E-state index in [0.29, 0.717) is 11.8 Å². The number of pyridine rings is 1. The summed E-state index contributed by atoms with van der Waals surface area (Å²) in [6.07, 6.45) is 2.87. The highest BCUT2D eigenvalue weighted by Gasteiger charge is 2.04. The third kappa shape index (κ3) is 3.10. The smallest absolute Gasteiger partial charge is 0.133 e. The monoisotopic (exact) mass is 248 g/mol. The Morgan fingerprint density at radius 3 is 2.94 bits per heavy atom. The number of fused-ring (bicyclic) bond motifs is 1. The summed E-state index contributed by atoms with van der Waals surface area (Å²) >= 11 is 5.73. The molecule has 0 fully saturated rings. The Balaban J connectivity index is 2.13. The SMILES string of the molecule is CC(CCCl)CNc1nccc2ccccc12. The molecule has 0 amide bonds. The zero-order valence-electron chi connectivity index (χ0n) is 9.99. The van der Waals surface area contributed by atoms with E-state index in [1.807, 2.05) is 24.4 Å². The van der Waals surface area contributed by atoms with Gasteiger partial charge in [0.05, 0.1) is 0 Å². The maximum Gasteiger partial charge on any atom is 0.133 e. The van der Waals surface area contributed by atoms with Gasteiger partial charge >= 0.3 is 0 Å². The average molecular weight is 249 g/mol. The lowest BCUT2D eigenvalue weighted by atomic mass is 10.1. The fourth-order valence-electron chi connectivity index (χ4n) is 1.82. The lowest BCUT2D eigenvalue weighted by molar-refractivity contribution is 0.596. The Morgan fingerprint density at radius 1 is 1.29 bits per heavy atom. The van der Waals surface area contributed by atoms with E-state index in [1.54, 1.807) is 0 Å². The first kappa shape index (κ1) is 12.2. The highest BCUT2D eigenvalue weighted by molar-refractivity contribution is 6.17. The van der Waals surface area contributed by atoms with Crippen LogP contribution >= 0.6 is 11.6 Å². The molecule has 2 rings (SSSR count). The second-order valence-electron chi connectivity index (χ2n) is 4.34. The highest BCUT2D eigenvalue weighted by Crippen LogP contribution is 2.20. The molecular formula is C14H17ClN2. The van der Waals surface area contributed by atoms with Gasteiger partial charge in [-0.25, -0.2) is 4.98 Å². The Bertz CT molecular complexity index is 479. The van der Waals surface area contributed by atoms with Crippen LogP contribution in [0.4, 0.5) is 5.82 Å². The van der Waals surface area contributed by atoms with Gasteiger partial charge in [-0.1, -0.05) is 31.2 Å². The molecule has 0 aliphatic carbocycles. The van der Waals surface area contributed by atoms with Crippen LogP contribution in [0.15, 0.2) is 36.5 Å². The lowest BCUT2D eigenvalue weighted by Gasteiger charge is -2.13. The van der Waals surface area contributed by atoms with Crippen LogP contribution in [-0.2, 0) is 0 Å². The second-order valence-corrected chi connectivity index (χ2v) is 4.72. The van der Waals surface area contributed by atoms with Crippen LogP contribution in [0.3, 0.4) is 0 Å². The van der Waals surface area contributed by atoms with Gasteiger partial charge in [0.25, 0.3) is 0 Å². The van der Waals surface area contributed by atoms with Gasteiger partial charge in [-0.2, -0.15) is 0 Å². The molecule has 0 radical (unpaired) electrons. The van der Waals surface area contributed by atoms with Crippen molar-refractivity contribution in [3.8, 4) is 0 Å². The molecule has 17 heavy (non-hydrogen) atoms. The van der Waals surface area contributed by atoms with Crippen molar-refractivity contribution < 1.29 is 0 Å². The minimum absolute atomic E-state index is 0.563. The van der Waals surface area contributed by atoms with Crippen LogP contribution in [0, 0.1) is 5.92 Å². The molecule has 0 spiro atoms. The maximum atomic E-state index is 5.73. The molecule has 0 aliphatic heterocycles. The first-order valence-corrected chi connectivity index (χ1v) is 6.48. The summed E-state index contributed by atoms with van der Waals surface area (Å²) < 4.78 is 0. The highest BCUT2D eigenvalue weighted by atomic mass is 35.5. The number of halogens is 1. The number of hydrogen-bond acceptors (Lipinski definition) is 2. The van der Waals surface area contributed by atoms with Gasteiger partial charge in [0.2, 0.25) is 0 Å². The van der Waals surface area contributed by atoms with Crippen LogP contribution in [0.2, 0.25) is 0 Å². The van der Waals surface area contributed by atoms with Gasteiger partial charge in [0, 0.05) is 24.0 Å². The van der Waals surface area contributed by atoms with Crippen molar-refractivity contribution in [1.29, 1.82) is 0 Å². The molecule has 1 aromatic carbocycles. The Hall–Kier alpha value is -1.28. The Kier molecular flexibility index (Phi) is 4.21. The van der Waals surface area contributed by atoms with E-state index < -0.39 is 0 Å². The molecule has 1 atom stereocenters. The number of benzene rings is 1. The predicted molar refractivity (Wildman–Crippen MR) is 74.7 cm³/mol. The summed E-state index contributed by atoms with van der Waals surface area (Å²) in [4.78, 5) is 4.39. The molecular weight excluding hydrogens is 232 g/mol. The molecule has 90 valence electrons. The minimum Gasteiger partial charge on any atom is -0.369 e. The van der Waals surface area contributed by atoms with Gasteiger partial charge in [-0.15, -0.1) is 11.6 Å². The summed E-state index contributed by atoms with van der Waals surface area (Å²) in [6.45, 7) is 3.11. The van der Waals surface area contributed by atoms with Crippen molar-refractivity contribution in [3.63, 3.8) is 0 Å². The van der Waals surface area contributed by atoms with E-state index in [9.17, 15) is 0 Å². The van der Waals surface area contributed by atoms with Crippen molar-refractivity contribution in [3.05, 3.63) is 36.5 Å². The largest absolute Gasteiger partial charge is 0.369 e. The van der Waals surface area contributed by atoms with Crippen LogP contribution in [0.1, 0.15) is 13.3 Å². The number of aromatic nitrogens is 1. The summed E-state index contributed by atoms with van der Waals surface area (Å²) in [5.41, 5.74) is 0. The van der Waals surface area contributed by atoms with Crippen LogP contribution in [-0.4, -0.2) is 17.4 Å². The second kappa shape index (κ2) is 5.87. The molecule has 2 nitrogen and oxygen atoms in total. The van der Waals surface area contributed by atoms with Crippen LogP contribution < -0.4 is 5.32 Å². The van der Waals surface area contributed by atoms with Gasteiger partial charge in [-0.05, 0) is 23.8 Å². The molecule has 1 aromatic heterocycles. The number of rotatable bonds is 5. The maximum absolute atomic E-state index is 5.73. The first-order valence-electron chi connectivity index (χ1n) is 5.95. The molecule has 0 saturated carbocycles. The van der Waals surface area contributed by atoms with Crippen molar-refractivity contribution in [2.24, 2.45) is 5.92 Å². The van der Waals surface area contributed by atoms with Crippen molar-refractivity contribution in [2.75, 3.05) is 17.7 Å². The third-order valence-corrected chi connectivity index (χ3v) is 3.11. The van der Waals surface area contributed by atoms with Crippen LogP contribution in [0.5, 0.6) is 0 Å². The fraction of sp³-hybridized carbons (Fsp3) is 0.357. The molecule has 0 aliphatic rings. The van der Waals surface area contributed by atoms with Gasteiger partial charge < -0.3 is 5.32 Å². The standard InChI is InChI=1S/C14H17ClN2/c1-11(6-8-15)10-17-14-13-5-3-2-4-12(13)7-9-16-14/h2-5,7,9,11H,6,8,10H2,1H3,(H,16,17). The van der Waals surface area contributed by atoms with E-state index in [0.717, 1.165) is 18.8 Å². The number of anilines is 1. The van der Waals surface area contributed by atoms with Crippen molar-refractivity contribution in [1.82, 2.24) is 4.98 Å². The third-order valence-electron chi connectivity index (χ3n) is 2.89. The Labute approximate surface area is 107 Å². The topological polar surface area (TPSA) is 24.9 Å². The minimum atomic E-state index is 0.563. The number of nitrogens with zero attached hydrogens (tertiary/aromatic N) is 1.